The van der Waals surface area contributed by atoms with Crippen molar-refractivity contribution in [3.05, 3.63) is 29.3 Å². The third-order valence-corrected chi connectivity index (χ3v) is 4.72. The van der Waals surface area contributed by atoms with Crippen LogP contribution in [0.5, 0.6) is 0 Å². The van der Waals surface area contributed by atoms with E-state index >= 15 is 0 Å². The second-order valence-corrected chi connectivity index (χ2v) is 8.35. The molecule has 0 unspecified atom stereocenters. The first-order valence-corrected chi connectivity index (χ1v) is 9.98. The molecule has 7 heteroatoms. The van der Waals surface area contributed by atoms with Crippen LogP contribution < -0.4 is 11.1 Å². The number of amides is 1. The molecule has 0 aromatic heterocycles. The van der Waals surface area contributed by atoms with Crippen LogP contribution in [-0.4, -0.2) is 66.7 Å². The Morgan fingerprint density at radius 2 is 1.86 bits per heavy atom. The highest BCUT2D eigenvalue weighted by atomic mass is 16.6. The van der Waals surface area contributed by atoms with Gasteiger partial charge >= 0.3 is 6.09 Å². The Bertz CT molecular complexity index is 689. The van der Waals surface area contributed by atoms with Gasteiger partial charge in [-0.3, -0.25) is 9.89 Å². The van der Waals surface area contributed by atoms with Crippen molar-refractivity contribution in [3.63, 3.8) is 0 Å². The standard InChI is InChI=1S/C21H35N5O2/c1-16-7-8-18(15-17(16)2)24-19(22)23-9-6-10-25-11-13-26(14-12-25)20(27)28-21(3,4)5/h7-8,15H,6,9-14H2,1-5H3,(H3,22,23,24). The van der Waals surface area contributed by atoms with Crippen LogP contribution in [0.25, 0.3) is 0 Å². The molecular formula is C21H35N5O2. The second kappa shape index (κ2) is 9.78. The molecule has 1 aliphatic rings. The Kier molecular flexibility index (Phi) is 7.69. The number of benzene rings is 1. The van der Waals surface area contributed by atoms with Crippen molar-refractivity contribution in [1.82, 2.24) is 9.80 Å². The van der Waals surface area contributed by atoms with E-state index in [1.807, 2.05) is 26.8 Å². The highest BCUT2D eigenvalue weighted by molar-refractivity contribution is 5.92. The van der Waals surface area contributed by atoms with Crippen molar-refractivity contribution in [2.75, 3.05) is 44.6 Å². The predicted molar refractivity (Wildman–Crippen MR) is 115 cm³/mol. The number of carbonyl (C=O) groups excluding carboxylic acids is 1. The normalized spacial score (nSPS) is 16.2. The van der Waals surface area contributed by atoms with Crippen LogP contribution in [0.3, 0.4) is 0 Å². The molecule has 156 valence electrons. The lowest BCUT2D eigenvalue weighted by Gasteiger charge is -2.35. The molecule has 0 bridgehead atoms. The first-order chi connectivity index (χ1) is 13.1. The summed E-state index contributed by atoms with van der Waals surface area (Å²) in [5, 5.41) is 3.14. The number of ether oxygens (including phenoxy) is 1. The van der Waals surface area contributed by atoms with E-state index in [2.05, 4.69) is 41.2 Å². The van der Waals surface area contributed by atoms with E-state index in [-0.39, 0.29) is 6.09 Å². The number of hydrogen-bond donors (Lipinski definition) is 2. The molecular weight excluding hydrogens is 354 g/mol. The summed E-state index contributed by atoms with van der Waals surface area (Å²) in [6.07, 6.45) is 0.712. The van der Waals surface area contributed by atoms with E-state index < -0.39 is 5.60 Å². The summed E-state index contributed by atoms with van der Waals surface area (Å²) in [5.74, 6) is 0.443. The van der Waals surface area contributed by atoms with Gasteiger partial charge in [-0.05, 0) is 64.3 Å². The smallest absolute Gasteiger partial charge is 0.410 e. The number of guanidine groups is 1. The van der Waals surface area contributed by atoms with Crippen LogP contribution in [-0.2, 0) is 4.74 Å². The fourth-order valence-electron chi connectivity index (χ4n) is 2.98. The van der Waals surface area contributed by atoms with Crippen molar-refractivity contribution in [3.8, 4) is 0 Å². The van der Waals surface area contributed by atoms with E-state index in [4.69, 9.17) is 10.5 Å². The number of piperazine rings is 1. The van der Waals surface area contributed by atoms with Crippen LogP contribution in [0.4, 0.5) is 10.5 Å². The quantitative estimate of drug-likeness (QED) is 0.460. The fourth-order valence-corrected chi connectivity index (χ4v) is 2.98. The molecule has 0 atom stereocenters. The van der Waals surface area contributed by atoms with Crippen molar-refractivity contribution in [2.24, 2.45) is 10.7 Å². The fraction of sp³-hybridized carbons (Fsp3) is 0.619. The summed E-state index contributed by atoms with van der Waals surface area (Å²) in [4.78, 5) is 20.6. The number of nitrogens with two attached hydrogens (primary N) is 1. The molecule has 1 amide bonds. The van der Waals surface area contributed by atoms with Gasteiger partial charge in [0.1, 0.15) is 5.60 Å². The summed E-state index contributed by atoms with van der Waals surface area (Å²) in [6.45, 7) is 14.6. The average Bonchev–Trinajstić information content (AvgIpc) is 2.61. The minimum atomic E-state index is -0.447. The van der Waals surface area contributed by atoms with Gasteiger partial charge in [0.15, 0.2) is 5.96 Å². The largest absolute Gasteiger partial charge is 0.444 e. The van der Waals surface area contributed by atoms with Crippen LogP contribution in [0.1, 0.15) is 38.3 Å². The third kappa shape index (κ3) is 7.38. The molecule has 1 heterocycles. The lowest BCUT2D eigenvalue weighted by molar-refractivity contribution is 0.0145. The molecule has 0 radical (unpaired) electrons. The van der Waals surface area contributed by atoms with Crippen LogP contribution in [0.15, 0.2) is 23.2 Å². The summed E-state index contributed by atoms with van der Waals surface area (Å²) in [5.41, 5.74) is 8.98. The highest BCUT2D eigenvalue weighted by Gasteiger charge is 2.25. The van der Waals surface area contributed by atoms with Gasteiger partial charge in [0.05, 0.1) is 0 Å². The summed E-state index contributed by atoms with van der Waals surface area (Å²) in [6, 6.07) is 6.15. The van der Waals surface area contributed by atoms with Crippen molar-refractivity contribution < 1.29 is 9.53 Å². The van der Waals surface area contributed by atoms with Gasteiger partial charge in [0.25, 0.3) is 0 Å². The van der Waals surface area contributed by atoms with Gasteiger partial charge in [-0.2, -0.15) is 0 Å². The van der Waals surface area contributed by atoms with Gasteiger partial charge in [0.2, 0.25) is 0 Å². The van der Waals surface area contributed by atoms with E-state index in [9.17, 15) is 4.79 Å². The second-order valence-electron chi connectivity index (χ2n) is 8.35. The average molecular weight is 390 g/mol. The first kappa shape index (κ1) is 22.0. The maximum atomic E-state index is 12.1. The van der Waals surface area contributed by atoms with E-state index in [1.165, 1.54) is 11.1 Å². The zero-order valence-corrected chi connectivity index (χ0v) is 17.9. The zero-order valence-electron chi connectivity index (χ0n) is 17.9. The van der Waals surface area contributed by atoms with Crippen molar-refractivity contribution >= 4 is 17.7 Å². The van der Waals surface area contributed by atoms with E-state index in [1.54, 1.807) is 4.90 Å². The lowest BCUT2D eigenvalue weighted by atomic mass is 10.1. The molecule has 0 spiro atoms. The zero-order chi connectivity index (χ0) is 20.7. The van der Waals surface area contributed by atoms with Gasteiger partial charge in [-0.15, -0.1) is 0 Å². The number of nitrogens with one attached hydrogen (secondary N) is 1. The number of aliphatic imine (C=N–C) groups is 1. The molecule has 7 nitrogen and oxygen atoms in total. The predicted octanol–water partition coefficient (Wildman–Crippen LogP) is 2.97. The van der Waals surface area contributed by atoms with Crippen LogP contribution >= 0.6 is 0 Å². The Labute approximate surface area is 168 Å². The number of carbonyl (C=O) groups is 1. The van der Waals surface area contributed by atoms with Crippen molar-refractivity contribution in [1.29, 1.82) is 0 Å². The molecule has 1 aromatic rings. The number of aryl methyl sites for hydroxylation is 2. The molecule has 0 saturated carbocycles. The molecule has 0 aliphatic carbocycles. The molecule has 1 fully saturated rings. The number of hydrogen-bond acceptors (Lipinski definition) is 4. The summed E-state index contributed by atoms with van der Waals surface area (Å²) >= 11 is 0. The minimum absolute atomic E-state index is 0.220. The highest BCUT2D eigenvalue weighted by Crippen LogP contribution is 2.14. The molecule has 3 N–H and O–H groups in total. The van der Waals surface area contributed by atoms with Crippen LogP contribution in [0.2, 0.25) is 0 Å². The monoisotopic (exact) mass is 389 g/mol. The van der Waals surface area contributed by atoms with E-state index in [0.717, 1.165) is 31.7 Å². The maximum absolute atomic E-state index is 12.1. The molecule has 1 saturated heterocycles. The van der Waals surface area contributed by atoms with Gasteiger partial charge < -0.3 is 20.7 Å². The lowest BCUT2D eigenvalue weighted by Crippen LogP contribution is -2.50. The summed E-state index contributed by atoms with van der Waals surface area (Å²) < 4.78 is 5.43. The molecule has 1 aliphatic heterocycles. The third-order valence-electron chi connectivity index (χ3n) is 4.72. The molecule has 1 aromatic carbocycles. The van der Waals surface area contributed by atoms with Crippen LogP contribution in [0, 0.1) is 13.8 Å². The number of anilines is 1. The Balaban J connectivity index is 1.66. The topological polar surface area (TPSA) is 83.2 Å². The molecule has 2 rings (SSSR count). The molecule has 28 heavy (non-hydrogen) atoms. The Morgan fingerprint density at radius 1 is 1.18 bits per heavy atom. The number of nitrogens with zero attached hydrogens (tertiary/aromatic N) is 3. The first-order valence-electron chi connectivity index (χ1n) is 9.98. The van der Waals surface area contributed by atoms with E-state index in [0.29, 0.717) is 25.6 Å². The summed E-state index contributed by atoms with van der Waals surface area (Å²) in [7, 11) is 0. The SMILES string of the molecule is Cc1ccc(NC(N)=NCCCN2CCN(C(=O)OC(C)(C)C)CC2)cc1C. The Hall–Kier alpha value is -2.28. The maximum Gasteiger partial charge on any atom is 0.410 e. The minimum Gasteiger partial charge on any atom is -0.444 e. The van der Waals surface area contributed by atoms with Crippen molar-refractivity contribution in [2.45, 2.75) is 46.6 Å². The van der Waals surface area contributed by atoms with Gasteiger partial charge in [0, 0.05) is 45.0 Å². The Morgan fingerprint density at radius 3 is 2.46 bits per heavy atom. The number of rotatable bonds is 5. The van der Waals surface area contributed by atoms with Gasteiger partial charge in [-0.25, -0.2) is 4.79 Å². The van der Waals surface area contributed by atoms with Gasteiger partial charge in [-0.1, -0.05) is 6.07 Å².